The van der Waals surface area contributed by atoms with E-state index in [0.717, 1.165) is 5.56 Å². The molecule has 0 aliphatic rings. The molecule has 0 fully saturated rings. The van der Waals surface area contributed by atoms with Gasteiger partial charge in [-0.3, -0.25) is 4.57 Å². The van der Waals surface area contributed by atoms with Crippen LogP contribution < -0.4 is 5.32 Å². The number of nitrogens with zero attached hydrogens (tertiary/aromatic N) is 5. The fourth-order valence-corrected chi connectivity index (χ4v) is 1.82. The third-order valence-electron chi connectivity index (χ3n) is 2.68. The molecule has 3 aromatic rings. The van der Waals surface area contributed by atoms with Crippen molar-refractivity contribution in [1.29, 1.82) is 0 Å². The van der Waals surface area contributed by atoms with Crippen LogP contribution in [-0.2, 0) is 0 Å². The van der Waals surface area contributed by atoms with E-state index in [2.05, 4.69) is 25.3 Å². The summed E-state index contributed by atoms with van der Waals surface area (Å²) in [5, 5.41) is 3.60. The van der Waals surface area contributed by atoms with Gasteiger partial charge in [0, 0.05) is 30.0 Å². The summed E-state index contributed by atoms with van der Waals surface area (Å²) in [6.07, 6.45) is 5.09. The van der Waals surface area contributed by atoms with Gasteiger partial charge in [0.15, 0.2) is 5.82 Å². The first-order chi connectivity index (χ1) is 9.76. The second kappa shape index (κ2) is 5.26. The van der Waals surface area contributed by atoms with Crippen LogP contribution in [0.15, 0.2) is 43.0 Å². The fraction of sp³-hybridized carbons (Fsp3) is 0.0769. The van der Waals surface area contributed by atoms with Crippen molar-refractivity contribution in [3.8, 4) is 17.3 Å². The number of nitrogens with one attached hydrogen (secondary N) is 1. The van der Waals surface area contributed by atoms with E-state index >= 15 is 0 Å². The molecule has 0 atom stereocenters. The highest BCUT2D eigenvalue weighted by Crippen LogP contribution is 2.19. The standard InChI is InChI=1S/C13H11ClN6/c1-15-12-17-11(9-2-4-10(14)5-3-9)18-13(19-12)20-7-6-16-8-20/h2-8H,1H3,(H,15,17,18,19). The Morgan fingerprint density at radius 2 is 1.90 bits per heavy atom. The van der Waals surface area contributed by atoms with Crippen LogP contribution in [0.2, 0.25) is 5.02 Å². The summed E-state index contributed by atoms with van der Waals surface area (Å²) in [6.45, 7) is 0. The molecule has 6 nitrogen and oxygen atoms in total. The van der Waals surface area contributed by atoms with Crippen molar-refractivity contribution in [3.05, 3.63) is 48.0 Å². The lowest BCUT2D eigenvalue weighted by Gasteiger charge is -2.07. The van der Waals surface area contributed by atoms with Crippen molar-refractivity contribution in [2.24, 2.45) is 0 Å². The summed E-state index contributed by atoms with van der Waals surface area (Å²) in [5.74, 6) is 1.57. The Morgan fingerprint density at radius 3 is 2.55 bits per heavy atom. The van der Waals surface area contributed by atoms with E-state index in [-0.39, 0.29) is 0 Å². The van der Waals surface area contributed by atoms with Crippen LogP contribution >= 0.6 is 11.6 Å². The van der Waals surface area contributed by atoms with Gasteiger partial charge in [-0.2, -0.15) is 15.0 Å². The number of hydrogen-bond acceptors (Lipinski definition) is 5. The summed E-state index contributed by atoms with van der Waals surface area (Å²) < 4.78 is 1.72. The van der Waals surface area contributed by atoms with Crippen molar-refractivity contribution in [2.75, 3.05) is 12.4 Å². The second-order valence-electron chi connectivity index (χ2n) is 4.01. The Labute approximate surface area is 120 Å². The highest BCUT2D eigenvalue weighted by Gasteiger charge is 2.09. The van der Waals surface area contributed by atoms with Crippen LogP contribution in [-0.4, -0.2) is 31.6 Å². The van der Waals surface area contributed by atoms with Crippen LogP contribution in [0.3, 0.4) is 0 Å². The minimum absolute atomic E-state index is 0.494. The largest absolute Gasteiger partial charge is 0.357 e. The van der Waals surface area contributed by atoms with Crippen molar-refractivity contribution in [2.45, 2.75) is 0 Å². The lowest BCUT2D eigenvalue weighted by Crippen LogP contribution is -2.06. The summed E-state index contributed by atoms with van der Waals surface area (Å²) in [7, 11) is 1.76. The normalized spacial score (nSPS) is 10.5. The predicted molar refractivity (Wildman–Crippen MR) is 76.9 cm³/mol. The van der Waals surface area contributed by atoms with Gasteiger partial charge in [0.1, 0.15) is 6.33 Å². The summed E-state index contributed by atoms with van der Waals surface area (Å²) in [6, 6.07) is 7.34. The zero-order valence-corrected chi connectivity index (χ0v) is 11.4. The van der Waals surface area contributed by atoms with Gasteiger partial charge in [-0.15, -0.1) is 0 Å². The number of benzene rings is 1. The summed E-state index contributed by atoms with van der Waals surface area (Å²) >= 11 is 5.89. The molecule has 20 heavy (non-hydrogen) atoms. The fourth-order valence-electron chi connectivity index (χ4n) is 1.70. The average molecular weight is 287 g/mol. The summed E-state index contributed by atoms with van der Waals surface area (Å²) in [4.78, 5) is 17.1. The van der Waals surface area contributed by atoms with Gasteiger partial charge >= 0.3 is 0 Å². The van der Waals surface area contributed by atoms with Gasteiger partial charge in [0.05, 0.1) is 0 Å². The Hall–Kier alpha value is -2.47. The third-order valence-corrected chi connectivity index (χ3v) is 2.94. The molecule has 1 N–H and O–H groups in total. The highest BCUT2D eigenvalue weighted by molar-refractivity contribution is 6.30. The van der Waals surface area contributed by atoms with Crippen LogP contribution in [0.4, 0.5) is 5.95 Å². The van der Waals surface area contributed by atoms with Crippen LogP contribution in [0.25, 0.3) is 17.3 Å². The molecule has 100 valence electrons. The minimum Gasteiger partial charge on any atom is -0.357 e. The Balaban J connectivity index is 2.11. The molecule has 2 aromatic heterocycles. The quantitative estimate of drug-likeness (QED) is 0.801. The first-order valence-electron chi connectivity index (χ1n) is 5.94. The average Bonchev–Trinajstić information content (AvgIpc) is 3.02. The third kappa shape index (κ3) is 2.46. The lowest BCUT2D eigenvalue weighted by molar-refractivity contribution is 0.902. The molecule has 7 heteroatoms. The molecule has 0 unspecified atom stereocenters. The minimum atomic E-state index is 0.494. The van der Waals surface area contributed by atoms with E-state index < -0.39 is 0 Å². The van der Waals surface area contributed by atoms with Gasteiger partial charge < -0.3 is 5.32 Å². The molecule has 2 heterocycles. The molecule has 0 aliphatic heterocycles. The second-order valence-corrected chi connectivity index (χ2v) is 4.45. The van der Waals surface area contributed by atoms with E-state index in [1.165, 1.54) is 0 Å². The Morgan fingerprint density at radius 1 is 1.10 bits per heavy atom. The summed E-state index contributed by atoms with van der Waals surface area (Å²) in [5.41, 5.74) is 0.870. The molecule has 0 bridgehead atoms. The molecule has 0 spiro atoms. The van der Waals surface area contributed by atoms with Crippen LogP contribution in [0, 0.1) is 0 Å². The maximum Gasteiger partial charge on any atom is 0.240 e. The van der Waals surface area contributed by atoms with Crippen LogP contribution in [0.1, 0.15) is 0 Å². The Bertz CT molecular complexity index is 708. The molecular weight excluding hydrogens is 276 g/mol. The van der Waals surface area contributed by atoms with Crippen molar-refractivity contribution in [3.63, 3.8) is 0 Å². The highest BCUT2D eigenvalue weighted by atomic mass is 35.5. The van der Waals surface area contributed by atoms with Gasteiger partial charge in [-0.1, -0.05) is 11.6 Å². The van der Waals surface area contributed by atoms with Crippen LogP contribution in [0.5, 0.6) is 0 Å². The van der Waals surface area contributed by atoms with Crippen molar-refractivity contribution >= 4 is 17.5 Å². The lowest BCUT2D eigenvalue weighted by atomic mass is 10.2. The number of hydrogen-bond donors (Lipinski definition) is 1. The molecule has 0 saturated heterocycles. The first-order valence-corrected chi connectivity index (χ1v) is 6.32. The molecular formula is C13H11ClN6. The first kappa shape index (κ1) is 12.6. The zero-order valence-electron chi connectivity index (χ0n) is 10.7. The topological polar surface area (TPSA) is 68.5 Å². The maximum absolute atomic E-state index is 5.89. The van der Waals surface area contributed by atoms with E-state index in [9.17, 15) is 0 Å². The van der Waals surface area contributed by atoms with Gasteiger partial charge in [-0.05, 0) is 24.3 Å². The number of imidazole rings is 1. The van der Waals surface area contributed by atoms with E-state index in [1.807, 2.05) is 12.1 Å². The van der Waals surface area contributed by atoms with Crippen molar-refractivity contribution in [1.82, 2.24) is 24.5 Å². The number of rotatable bonds is 3. The predicted octanol–water partition coefficient (Wildman–Crippen LogP) is 2.42. The molecule has 3 rings (SSSR count). The van der Waals surface area contributed by atoms with Gasteiger partial charge in [-0.25, -0.2) is 4.98 Å². The number of aromatic nitrogens is 5. The van der Waals surface area contributed by atoms with Crippen molar-refractivity contribution < 1.29 is 0 Å². The molecule has 0 amide bonds. The molecule has 0 aliphatic carbocycles. The molecule has 0 radical (unpaired) electrons. The SMILES string of the molecule is CNc1nc(-c2ccc(Cl)cc2)nc(-n2ccnc2)n1. The van der Waals surface area contributed by atoms with E-state index in [4.69, 9.17) is 11.6 Å². The molecule has 1 aromatic carbocycles. The molecule has 0 saturated carbocycles. The van der Waals surface area contributed by atoms with E-state index in [0.29, 0.717) is 22.7 Å². The zero-order chi connectivity index (χ0) is 13.9. The van der Waals surface area contributed by atoms with Gasteiger partial charge in [0.25, 0.3) is 0 Å². The monoisotopic (exact) mass is 286 g/mol. The number of anilines is 1. The Kier molecular flexibility index (Phi) is 3.30. The van der Waals surface area contributed by atoms with E-state index in [1.54, 1.807) is 42.5 Å². The van der Waals surface area contributed by atoms with Gasteiger partial charge in [0.2, 0.25) is 11.9 Å². The maximum atomic E-state index is 5.89. The number of halogens is 1. The smallest absolute Gasteiger partial charge is 0.240 e.